The van der Waals surface area contributed by atoms with Crippen LogP contribution in [0.2, 0.25) is 0 Å². The lowest BCUT2D eigenvalue weighted by Crippen LogP contribution is -2.13. The molecule has 2 rings (SSSR count). The minimum atomic E-state index is -3.81. The van der Waals surface area contributed by atoms with Gasteiger partial charge in [0, 0.05) is 30.6 Å². The third kappa shape index (κ3) is 3.82. The van der Waals surface area contributed by atoms with Crippen LogP contribution in [0.1, 0.15) is 13.8 Å². The van der Waals surface area contributed by atoms with Gasteiger partial charge in [-0.25, -0.2) is 4.98 Å². The van der Waals surface area contributed by atoms with Gasteiger partial charge in [0.25, 0.3) is 15.7 Å². The highest BCUT2D eigenvalue weighted by Gasteiger charge is 2.18. The summed E-state index contributed by atoms with van der Waals surface area (Å²) in [6, 6.07) is 5.13. The van der Waals surface area contributed by atoms with Crippen molar-refractivity contribution in [2.75, 3.05) is 4.72 Å². The molecule has 118 valence electrons. The van der Waals surface area contributed by atoms with Crippen LogP contribution in [0, 0.1) is 16.0 Å². The maximum atomic E-state index is 12.2. The van der Waals surface area contributed by atoms with Gasteiger partial charge in [-0.3, -0.25) is 14.8 Å². The number of hydrogen-bond acceptors (Lipinski definition) is 5. The molecule has 0 unspecified atom stereocenters. The molecular formula is C13H16N4O4S. The van der Waals surface area contributed by atoms with Crippen molar-refractivity contribution in [1.82, 2.24) is 9.55 Å². The van der Waals surface area contributed by atoms with Crippen molar-refractivity contribution in [2.45, 2.75) is 25.4 Å². The number of rotatable bonds is 6. The Kier molecular flexibility index (Phi) is 4.45. The zero-order valence-corrected chi connectivity index (χ0v) is 12.9. The van der Waals surface area contributed by atoms with E-state index in [0.29, 0.717) is 12.5 Å². The van der Waals surface area contributed by atoms with Crippen LogP contribution in [0.3, 0.4) is 0 Å². The monoisotopic (exact) mass is 324 g/mol. The summed E-state index contributed by atoms with van der Waals surface area (Å²) in [5.74, 6) is 0.368. The average Bonchev–Trinajstić information content (AvgIpc) is 2.87. The summed E-state index contributed by atoms with van der Waals surface area (Å²) in [7, 11) is -3.81. The zero-order valence-electron chi connectivity index (χ0n) is 12.1. The standard InChI is InChI=1S/C13H16N4O4S/c1-10(2)7-16-8-13(14-9-16)22(20,21)15-11-3-5-12(6-4-11)17(18)19/h3-6,8-10,15H,7H2,1-2H3. The lowest BCUT2D eigenvalue weighted by atomic mass is 10.2. The summed E-state index contributed by atoms with van der Waals surface area (Å²) in [5.41, 5.74) is 0.133. The maximum absolute atomic E-state index is 12.2. The molecule has 0 aliphatic heterocycles. The molecule has 0 bridgehead atoms. The normalized spacial score (nSPS) is 11.6. The van der Waals surface area contributed by atoms with Crippen LogP contribution in [-0.2, 0) is 16.6 Å². The van der Waals surface area contributed by atoms with Crippen LogP contribution in [0.25, 0.3) is 0 Å². The quantitative estimate of drug-likeness (QED) is 0.647. The largest absolute Gasteiger partial charge is 0.336 e. The lowest BCUT2D eigenvalue weighted by Gasteiger charge is -2.06. The number of nitro benzene ring substituents is 1. The van der Waals surface area contributed by atoms with E-state index in [9.17, 15) is 18.5 Å². The van der Waals surface area contributed by atoms with Crippen LogP contribution in [0.4, 0.5) is 11.4 Å². The molecule has 0 aliphatic carbocycles. The van der Waals surface area contributed by atoms with Crippen molar-refractivity contribution in [2.24, 2.45) is 5.92 Å². The first kappa shape index (κ1) is 16.0. The topological polar surface area (TPSA) is 107 Å². The van der Waals surface area contributed by atoms with Crippen molar-refractivity contribution >= 4 is 21.4 Å². The summed E-state index contributed by atoms with van der Waals surface area (Å²) >= 11 is 0. The van der Waals surface area contributed by atoms with Crippen molar-refractivity contribution < 1.29 is 13.3 Å². The molecule has 9 heteroatoms. The number of hydrogen-bond donors (Lipinski definition) is 1. The second-order valence-corrected chi connectivity index (χ2v) is 6.84. The molecule has 2 aromatic rings. The first-order valence-electron chi connectivity index (χ1n) is 6.57. The smallest absolute Gasteiger partial charge is 0.280 e. The SMILES string of the molecule is CC(C)Cn1cnc(S(=O)(=O)Nc2ccc([N+](=O)[O-])cc2)c1. The number of benzene rings is 1. The minimum absolute atomic E-state index is 0.0912. The zero-order chi connectivity index (χ0) is 16.3. The first-order chi connectivity index (χ1) is 10.3. The highest BCUT2D eigenvalue weighted by Crippen LogP contribution is 2.18. The predicted molar refractivity (Wildman–Crippen MR) is 81.0 cm³/mol. The molecule has 0 fully saturated rings. The fourth-order valence-electron chi connectivity index (χ4n) is 1.86. The van der Waals surface area contributed by atoms with E-state index < -0.39 is 14.9 Å². The van der Waals surface area contributed by atoms with Gasteiger partial charge in [0.05, 0.1) is 11.3 Å². The first-order valence-corrected chi connectivity index (χ1v) is 8.05. The molecular weight excluding hydrogens is 308 g/mol. The van der Waals surface area contributed by atoms with Crippen LogP contribution in [0.15, 0.2) is 41.8 Å². The molecule has 1 aromatic heterocycles. The maximum Gasteiger partial charge on any atom is 0.280 e. The Morgan fingerprint density at radius 1 is 1.32 bits per heavy atom. The molecule has 1 heterocycles. The van der Waals surface area contributed by atoms with E-state index in [-0.39, 0.29) is 16.4 Å². The van der Waals surface area contributed by atoms with Crippen LogP contribution < -0.4 is 4.72 Å². The van der Waals surface area contributed by atoms with Crippen molar-refractivity contribution in [1.29, 1.82) is 0 Å². The molecule has 0 aliphatic rings. The summed E-state index contributed by atoms with van der Waals surface area (Å²) in [6.45, 7) is 4.70. The fraction of sp³-hybridized carbons (Fsp3) is 0.308. The van der Waals surface area contributed by atoms with E-state index in [1.54, 1.807) is 4.57 Å². The average molecular weight is 324 g/mol. The van der Waals surface area contributed by atoms with Gasteiger partial charge in [-0.1, -0.05) is 13.8 Å². The molecule has 1 N–H and O–H groups in total. The van der Waals surface area contributed by atoms with Crippen molar-refractivity contribution in [3.8, 4) is 0 Å². The minimum Gasteiger partial charge on any atom is -0.336 e. The highest BCUT2D eigenvalue weighted by molar-refractivity contribution is 7.92. The van der Waals surface area contributed by atoms with Crippen molar-refractivity contribution in [3.63, 3.8) is 0 Å². The summed E-state index contributed by atoms with van der Waals surface area (Å²) < 4.78 is 28.4. The molecule has 0 radical (unpaired) electrons. The van der Waals surface area contributed by atoms with Gasteiger partial charge in [0.2, 0.25) is 0 Å². The lowest BCUT2D eigenvalue weighted by molar-refractivity contribution is -0.384. The predicted octanol–water partition coefficient (Wildman–Crippen LogP) is 2.25. The molecule has 0 spiro atoms. The Labute approximate surface area is 128 Å². The molecule has 0 saturated heterocycles. The van der Waals surface area contributed by atoms with Crippen LogP contribution in [0.5, 0.6) is 0 Å². The molecule has 0 saturated carbocycles. The molecule has 1 aromatic carbocycles. The molecule has 0 amide bonds. The molecule has 0 atom stereocenters. The fourth-order valence-corrected chi connectivity index (χ4v) is 2.87. The Bertz CT molecular complexity index is 766. The Balaban J connectivity index is 2.16. The number of aromatic nitrogens is 2. The third-order valence-electron chi connectivity index (χ3n) is 2.79. The highest BCUT2D eigenvalue weighted by atomic mass is 32.2. The Morgan fingerprint density at radius 3 is 2.50 bits per heavy atom. The second-order valence-electron chi connectivity index (χ2n) is 5.21. The number of non-ortho nitro benzene ring substituents is 1. The van der Waals surface area contributed by atoms with Crippen molar-refractivity contribution in [3.05, 3.63) is 46.9 Å². The Morgan fingerprint density at radius 2 is 1.95 bits per heavy atom. The van der Waals surface area contributed by atoms with E-state index >= 15 is 0 Å². The van der Waals surface area contributed by atoms with Gasteiger partial charge < -0.3 is 4.57 Å². The molecule has 22 heavy (non-hydrogen) atoms. The number of sulfonamides is 1. The van der Waals surface area contributed by atoms with E-state index in [1.807, 2.05) is 13.8 Å². The van der Waals surface area contributed by atoms with Gasteiger partial charge >= 0.3 is 0 Å². The van der Waals surface area contributed by atoms with Gasteiger partial charge in [-0.2, -0.15) is 8.42 Å². The van der Waals surface area contributed by atoms with E-state index in [1.165, 1.54) is 36.8 Å². The van der Waals surface area contributed by atoms with Crippen LogP contribution in [-0.4, -0.2) is 22.9 Å². The van der Waals surface area contributed by atoms with Gasteiger partial charge in [0.15, 0.2) is 5.03 Å². The van der Waals surface area contributed by atoms with E-state index in [2.05, 4.69) is 9.71 Å². The summed E-state index contributed by atoms with van der Waals surface area (Å²) in [4.78, 5) is 13.9. The third-order valence-corrected chi connectivity index (χ3v) is 4.06. The number of anilines is 1. The van der Waals surface area contributed by atoms with E-state index in [0.717, 1.165) is 0 Å². The second kappa shape index (κ2) is 6.14. The number of nitro groups is 1. The van der Waals surface area contributed by atoms with Crippen LogP contribution >= 0.6 is 0 Å². The van der Waals surface area contributed by atoms with Gasteiger partial charge in [0.1, 0.15) is 0 Å². The summed E-state index contributed by atoms with van der Waals surface area (Å²) in [6.07, 6.45) is 2.91. The number of imidazole rings is 1. The number of nitrogens with one attached hydrogen (secondary N) is 1. The van der Waals surface area contributed by atoms with Gasteiger partial charge in [-0.05, 0) is 18.1 Å². The summed E-state index contributed by atoms with van der Waals surface area (Å²) in [5, 5.41) is 10.5. The Hall–Kier alpha value is -2.42. The van der Waals surface area contributed by atoms with Gasteiger partial charge in [-0.15, -0.1) is 0 Å². The number of nitrogens with zero attached hydrogens (tertiary/aromatic N) is 3. The van der Waals surface area contributed by atoms with E-state index in [4.69, 9.17) is 0 Å². The molecule has 8 nitrogen and oxygen atoms in total.